The highest BCUT2D eigenvalue weighted by atomic mass is 35.5. The first kappa shape index (κ1) is 28.2. The van der Waals surface area contributed by atoms with Gasteiger partial charge in [0, 0.05) is 60.6 Å². The minimum atomic E-state index is -0.187. The SMILES string of the molecule is Cl.Cl.O=C(C(c1ccc(Cl)cc1)C1CCCN1)N1CCN(c2c(-c3ccccc3)cnc3[nH]ccc23)CC1. The van der Waals surface area contributed by atoms with Crippen molar-refractivity contribution in [1.82, 2.24) is 20.2 Å². The highest BCUT2D eigenvalue weighted by Crippen LogP contribution is 2.37. The minimum absolute atomic E-state index is 0. The fourth-order valence-electron chi connectivity index (χ4n) is 5.72. The van der Waals surface area contributed by atoms with Crippen molar-refractivity contribution in [3.05, 3.63) is 83.6 Å². The lowest BCUT2D eigenvalue weighted by Gasteiger charge is -2.39. The summed E-state index contributed by atoms with van der Waals surface area (Å²) in [7, 11) is 0. The van der Waals surface area contributed by atoms with Crippen LogP contribution in [0.1, 0.15) is 24.3 Å². The Morgan fingerprint density at radius 3 is 2.39 bits per heavy atom. The number of carbonyl (C=O) groups is 1. The summed E-state index contributed by atoms with van der Waals surface area (Å²) in [5, 5.41) is 5.38. The van der Waals surface area contributed by atoms with Crippen LogP contribution in [0.3, 0.4) is 0 Å². The molecule has 2 aliphatic heterocycles. The van der Waals surface area contributed by atoms with E-state index >= 15 is 0 Å². The lowest BCUT2D eigenvalue weighted by molar-refractivity contribution is -0.133. The summed E-state index contributed by atoms with van der Waals surface area (Å²) in [5.74, 6) is 0.0228. The van der Waals surface area contributed by atoms with Gasteiger partial charge in [-0.3, -0.25) is 4.79 Å². The number of fused-ring (bicyclic) bond motifs is 1. The summed E-state index contributed by atoms with van der Waals surface area (Å²) in [4.78, 5) is 26.3. The van der Waals surface area contributed by atoms with Gasteiger partial charge in [-0.1, -0.05) is 54.1 Å². The normalized spacial score (nSPS) is 18.1. The maximum Gasteiger partial charge on any atom is 0.231 e. The number of halogens is 3. The van der Waals surface area contributed by atoms with Gasteiger partial charge in [-0.05, 0) is 48.7 Å². The highest BCUT2D eigenvalue weighted by molar-refractivity contribution is 6.30. The third kappa shape index (κ3) is 5.50. The molecule has 0 aliphatic carbocycles. The molecule has 2 N–H and O–H groups in total. The molecule has 0 spiro atoms. The van der Waals surface area contributed by atoms with Gasteiger partial charge in [0.05, 0.1) is 11.6 Å². The second kappa shape index (κ2) is 12.4. The number of aromatic nitrogens is 2. The van der Waals surface area contributed by atoms with Crippen LogP contribution in [0.25, 0.3) is 22.2 Å². The van der Waals surface area contributed by atoms with Crippen molar-refractivity contribution in [2.45, 2.75) is 24.8 Å². The number of nitrogens with one attached hydrogen (secondary N) is 2. The van der Waals surface area contributed by atoms with Gasteiger partial charge >= 0.3 is 0 Å². The number of benzene rings is 2. The number of amides is 1. The fourth-order valence-corrected chi connectivity index (χ4v) is 5.85. The molecule has 2 aromatic carbocycles. The van der Waals surface area contributed by atoms with Gasteiger partial charge in [0.15, 0.2) is 0 Å². The van der Waals surface area contributed by atoms with Crippen LogP contribution in [-0.2, 0) is 4.79 Å². The molecular formula is C29H32Cl3N5O. The number of H-pyrrole nitrogens is 1. The molecule has 2 aliphatic rings. The molecule has 2 aromatic heterocycles. The van der Waals surface area contributed by atoms with Gasteiger partial charge in [-0.2, -0.15) is 0 Å². The Labute approximate surface area is 240 Å². The van der Waals surface area contributed by atoms with Crippen LogP contribution < -0.4 is 10.2 Å². The first-order valence-corrected chi connectivity index (χ1v) is 13.1. The van der Waals surface area contributed by atoms with E-state index in [9.17, 15) is 4.79 Å². The van der Waals surface area contributed by atoms with Gasteiger partial charge in [0.2, 0.25) is 5.91 Å². The van der Waals surface area contributed by atoms with E-state index in [-0.39, 0.29) is 42.7 Å². The summed E-state index contributed by atoms with van der Waals surface area (Å²) >= 11 is 6.15. The van der Waals surface area contributed by atoms with Crippen LogP contribution in [0.5, 0.6) is 0 Å². The van der Waals surface area contributed by atoms with E-state index in [1.807, 2.05) is 47.6 Å². The molecular weight excluding hydrogens is 541 g/mol. The Morgan fingerprint density at radius 1 is 0.974 bits per heavy atom. The van der Waals surface area contributed by atoms with Crippen LogP contribution in [0.15, 0.2) is 73.1 Å². The van der Waals surface area contributed by atoms with Gasteiger partial charge in [0.1, 0.15) is 5.65 Å². The van der Waals surface area contributed by atoms with Gasteiger partial charge in [0.25, 0.3) is 0 Å². The van der Waals surface area contributed by atoms with Crippen molar-refractivity contribution in [2.24, 2.45) is 0 Å². The second-order valence-corrected chi connectivity index (χ2v) is 10.1. The first-order chi connectivity index (χ1) is 17.7. The Balaban J connectivity index is 0.00000168. The summed E-state index contributed by atoms with van der Waals surface area (Å²) in [6, 6.07) is 20.5. The monoisotopic (exact) mass is 571 g/mol. The van der Waals surface area contributed by atoms with Crippen molar-refractivity contribution in [2.75, 3.05) is 37.6 Å². The maximum atomic E-state index is 13.9. The Morgan fingerprint density at radius 2 is 1.71 bits per heavy atom. The van der Waals surface area contributed by atoms with E-state index in [2.05, 4.69) is 50.5 Å². The molecule has 0 bridgehead atoms. The standard InChI is InChI=1S/C29H30ClN5O.2ClH/c30-22-10-8-21(9-11-22)26(25-7-4-13-31-25)29(36)35-17-15-34(16-18-35)27-23-12-14-32-28(23)33-19-24(27)20-5-2-1-3-6-20;;/h1-3,5-6,8-12,14,19,25-26,31H,4,7,13,15-18H2,(H,32,33);2*1H. The largest absolute Gasteiger partial charge is 0.367 e. The average Bonchev–Trinajstić information content (AvgIpc) is 3.63. The fraction of sp³-hybridized carbons (Fsp3) is 0.310. The third-order valence-corrected chi connectivity index (χ3v) is 7.80. The van der Waals surface area contributed by atoms with Crippen LogP contribution in [0.2, 0.25) is 5.02 Å². The zero-order valence-corrected chi connectivity index (χ0v) is 23.4. The average molecular weight is 573 g/mol. The molecule has 38 heavy (non-hydrogen) atoms. The first-order valence-electron chi connectivity index (χ1n) is 12.7. The number of aromatic amines is 1. The molecule has 1 amide bonds. The van der Waals surface area contributed by atoms with Gasteiger partial charge in [-0.15, -0.1) is 24.8 Å². The van der Waals surface area contributed by atoms with E-state index in [1.165, 1.54) is 5.69 Å². The highest BCUT2D eigenvalue weighted by Gasteiger charge is 2.36. The van der Waals surface area contributed by atoms with Crippen molar-refractivity contribution >= 4 is 59.0 Å². The van der Waals surface area contributed by atoms with Crippen molar-refractivity contribution in [3.8, 4) is 11.1 Å². The number of anilines is 1. The number of piperazine rings is 1. The van der Waals surface area contributed by atoms with Crippen molar-refractivity contribution in [1.29, 1.82) is 0 Å². The predicted octanol–water partition coefficient (Wildman–Crippen LogP) is 5.91. The molecule has 2 atom stereocenters. The summed E-state index contributed by atoms with van der Waals surface area (Å²) in [5.41, 5.74) is 5.39. The molecule has 200 valence electrons. The quantitative estimate of drug-likeness (QED) is 0.312. The third-order valence-electron chi connectivity index (χ3n) is 7.55. The van der Waals surface area contributed by atoms with Gasteiger partial charge in [-0.25, -0.2) is 4.98 Å². The Kier molecular flexibility index (Phi) is 9.21. The predicted molar refractivity (Wildman–Crippen MR) is 160 cm³/mol. The van der Waals surface area contributed by atoms with E-state index in [0.29, 0.717) is 18.1 Å². The Bertz CT molecular complexity index is 1350. The van der Waals surface area contributed by atoms with Crippen LogP contribution >= 0.6 is 36.4 Å². The molecule has 4 heterocycles. The topological polar surface area (TPSA) is 64.3 Å². The zero-order valence-electron chi connectivity index (χ0n) is 21.0. The molecule has 6 rings (SSSR count). The molecule has 6 nitrogen and oxygen atoms in total. The number of rotatable bonds is 5. The zero-order chi connectivity index (χ0) is 24.5. The summed E-state index contributed by atoms with van der Waals surface area (Å²) in [6.45, 7) is 3.91. The Hall–Kier alpha value is -2.77. The second-order valence-electron chi connectivity index (χ2n) is 9.67. The van der Waals surface area contributed by atoms with Crippen LogP contribution in [-0.4, -0.2) is 59.5 Å². The molecule has 4 aromatic rings. The van der Waals surface area contributed by atoms with Crippen LogP contribution in [0.4, 0.5) is 5.69 Å². The minimum Gasteiger partial charge on any atom is -0.367 e. The van der Waals surface area contributed by atoms with E-state index < -0.39 is 0 Å². The lowest BCUT2D eigenvalue weighted by Crippen LogP contribution is -2.52. The summed E-state index contributed by atoms with van der Waals surface area (Å²) in [6.07, 6.45) is 6.03. The van der Waals surface area contributed by atoms with Gasteiger partial charge < -0.3 is 20.1 Å². The molecule has 0 radical (unpaired) electrons. The number of hydrogen-bond donors (Lipinski definition) is 2. The molecule has 2 saturated heterocycles. The lowest BCUT2D eigenvalue weighted by atomic mass is 9.89. The van der Waals surface area contributed by atoms with Crippen LogP contribution in [0, 0.1) is 0 Å². The molecule has 2 unspecified atom stereocenters. The number of carbonyl (C=O) groups excluding carboxylic acids is 1. The molecule has 0 saturated carbocycles. The van der Waals surface area contributed by atoms with E-state index in [0.717, 1.165) is 60.2 Å². The number of nitrogens with zero attached hydrogens (tertiary/aromatic N) is 3. The number of pyridine rings is 1. The summed E-state index contributed by atoms with van der Waals surface area (Å²) < 4.78 is 0. The van der Waals surface area contributed by atoms with E-state index in [4.69, 9.17) is 11.6 Å². The maximum absolute atomic E-state index is 13.9. The molecule has 9 heteroatoms. The molecule has 2 fully saturated rings. The van der Waals surface area contributed by atoms with Crippen molar-refractivity contribution < 1.29 is 4.79 Å². The number of hydrogen-bond acceptors (Lipinski definition) is 4. The smallest absolute Gasteiger partial charge is 0.231 e. The van der Waals surface area contributed by atoms with E-state index in [1.54, 1.807) is 0 Å². The van der Waals surface area contributed by atoms with Crippen molar-refractivity contribution in [3.63, 3.8) is 0 Å².